The van der Waals surface area contributed by atoms with Gasteiger partial charge in [0.15, 0.2) is 0 Å². The van der Waals surface area contributed by atoms with Crippen LogP contribution in [0, 0.1) is 0 Å². The van der Waals surface area contributed by atoms with Gasteiger partial charge in [-0.2, -0.15) is 0 Å². The van der Waals surface area contributed by atoms with Crippen molar-refractivity contribution in [3.63, 3.8) is 0 Å². The second kappa shape index (κ2) is 9.33. The number of nitrogens with zero attached hydrogens (tertiary/aromatic N) is 3. The van der Waals surface area contributed by atoms with Crippen molar-refractivity contribution in [2.75, 3.05) is 18.4 Å². The first-order chi connectivity index (χ1) is 13.8. The molecule has 0 atom stereocenters. The van der Waals surface area contributed by atoms with E-state index in [0.717, 1.165) is 23.5 Å². The smallest absolute Gasteiger partial charge is 0.257 e. The van der Waals surface area contributed by atoms with Gasteiger partial charge in [-0.3, -0.25) is 9.69 Å². The number of anilines is 1. The first-order valence-corrected chi connectivity index (χ1v) is 10.7. The second-order valence-electron chi connectivity index (χ2n) is 8.06. The van der Waals surface area contributed by atoms with Crippen LogP contribution in [0.2, 0.25) is 0 Å². The maximum Gasteiger partial charge on any atom is 0.257 e. The SMILES string of the molecule is CCCN(CC(=O)Nc1ccc(C(C)(C)C)cc1)Cc1nnc(-c2cccs2)o1. The lowest BCUT2D eigenvalue weighted by Crippen LogP contribution is -2.33. The molecule has 0 unspecified atom stereocenters. The van der Waals surface area contributed by atoms with Gasteiger partial charge in [0.05, 0.1) is 18.0 Å². The quantitative estimate of drug-likeness (QED) is 0.567. The van der Waals surface area contributed by atoms with E-state index in [1.807, 2.05) is 34.5 Å². The van der Waals surface area contributed by atoms with Crippen LogP contribution in [0.15, 0.2) is 46.2 Å². The van der Waals surface area contributed by atoms with E-state index in [-0.39, 0.29) is 17.9 Å². The summed E-state index contributed by atoms with van der Waals surface area (Å²) < 4.78 is 5.76. The van der Waals surface area contributed by atoms with E-state index >= 15 is 0 Å². The molecule has 2 heterocycles. The van der Waals surface area contributed by atoms with Crippen LogP contribution in [-0.4, -0.2) is 34.1 Å². The van der Waals surface area contributed by atoms with Crippen LogP contribution < -0.4 is 5.32 Å². The van der Waals surface area contributed by atoms with Gasteiger partial charge >= 0.3 is 0 Å². The van der Waals surface area contributed by atoms with E-state index < -0.39 is 0 Å². The number of rotatable bonds is 8. The van der Waals surface area contributed by atoms with Gasteiger partial charge in [-0.15, -0.1) is 21.5 Å². The molecule has 6 nitrogen and oxygen atoms in total. The van der Waals surface area contributed by atoms with Crippen LogP contribution in [0.4, 0.5) is 5.69 Å². The highest BCUT2D eigenvalue weighted by Gasteiger charge is 2.17. The van der Waals surface area contributed by atoms with Crippen molar-refractivity contribution in [2.24, 2.45) is 0 Å². The van der Waals surface area contributed by atoms with E-state index in [4.69, 9.17) is 4.42 Å². The Kier molecular flexibility index (Phi) is 6.82. The van der Waals surface area contributed by atoms with E-state index in [0.29, 0.717) is 18.3 Å². The van der Waals surface area contributed by atoms with Crippen LogP contribution in [-0.2, 0) is 16.8 Å². The van der Waals surface area contributed by atoms with Crippen LogP contribution in [0.1, 0.15) is 45.6 Å². The monoisotopic (exact) mass is 412 g/mol. The average Bonchev–Trinajstić information content (AvgIpc) is 3.33. The Morgan fingerprint density at radius 3 is 2.55 bits per heavy atom. The molecule has 0 aliphatic rings. The van der Waals surface area contributed by atoms with Crippen LogP contribution in [0.3, 0.4) is 0 Å². The summed E-state index contributed by atoms with van der Waals surface area (Å²) in [5.74, 6) is 0.985. The fourth-order valence-electron chi connectivity index (χ4n) is 3.00. The van der Waals surface area contributed by atoms with Crippen molar-refractivity contribution in [1.82, 2.24) is 15.1 Å². The number of benzene rings is 1. The maximum atomic E-state index is 12.5. The predicted octanol–water partition coefficient (Wildman–Crippen LogP) is 4.95. The lowest BCUT2D eigenvalue weighted by molar-refractivity contribution is -0.117. The first kappa shape index (κ1) is 21.2. The Labute approximate surface area is 176 Å². The Morgan fingerprint density at radius 1 is 1.17 bits per heavy atom. The van der Waals surface area contributed by atoms with Crippen LogP contribution >= 0.6 is 11.3 Å². The predicted molar refractivity (Wildman–Crippen MR) is 117 cm³/mol. The van der Waals surface area contributed by atoms with Crippen LogP contribution in [0.5, 0.6) is 0 Å². The molecule has 0 aliphatic heterocycles. The number of hydrogen-bond acceptors (Lipinski definition) is 6. The summed E-state index contributed by atoms with van der Waals surface area (Å²) >= 11 is 1.56. The Hall–Kier alpha value is -2.51. The molecule has 154 valence electrons. The molecule has 1 aromatic carbocycles. The van der Waals surface area contributed by atoms with Crippen molar-refractivity contribution < 1.29 is 9.21 Å². The van der Waals surface area contributed by atoms with Gasteiger partial charge in [-0.1, -0.05) is 45.9 Å². The topological polar surface area (TPSA) is 71.3 Å². The summed E-state index contributed by atoms with van der Waals surface area (Å²) in [6.45, 7) is 10.1. The summed E-state index contributed by atoms with van der Waals surface area (Å²) in [6.07, 6.45) is 0.930. The highest BCUT2D eigenvalue weighted by molar-refractivity contribution is 7.13. The van der Waals surface area contributed by atoms with Gasteiger partial charge in [0.1, 0.15) is 0 Å². The number of hydrogen-bond donors (Lipinski definition) is 1. The zero-order valence-corrected chi connectivity index (χ0v) is 18.3. The average molecular weight is 413 g/mol. The number of aromatic nitrogens is 2. The molecule has 1 N–H and O–H groups in total. The summed E-state index contributed by atoms with van der Waals surface area (Å²) in [6, 6.07) is 11.9. The summed E-state index contributed by atoms with van der Waals surface area (Å²) in [5.41, 5.74) is 2.13. The van der Waals surface area contributed by atoms with Gasteiger partial charge in [-0.05, 0) is 47.5 Å². The molecule has 0 bridgehead atoms. The van der Waals surface area contributed by atoms with Crippen molar-refractivity contribution in [1.29, 1.82) is 0 Å². The van der Waals surface area contributed by atoms with Crippen molar-refractivity contribution in [2.45, 2.75) is 46.1 Å². The van der Waals surface area contributed by atoms with E-state index in [1.54, 1.807) is 11.3 Å². The minimum absolute atomic E-state index is 0.0556. The second-order valence-corrected chi connectivity index (χ2v) is 9.01. The van der Waals surface area contributed by atoms with Crippen molar-refractivity contribution in [3.05, 3.63) is 53.2 Å². The molecule has 2 aromatic heterocycles. The molecule has 7 heteroatoms. The minimum atomic E-state index is -0.0556. The van der Waals surface area contributed by atoms with Gasteiger partial charge in [0.2, 0.25) is 11.8 Å². The molecule has 1 amide bonds. The molecule has 0 aliphatic carbocycles. The molecule has 29 heavy (non-hydrogen) atoms. The molecule has 3 rings (SSSR count). The molecule has 0 saturated heterocycles. The summed E-state index contributed by atoms with van der Waals surface area (Å²) in [5, 5.41) is 13.2. The standard InChI is InChI=1S/C22H28N4O2S/c1-5-12-26(15-20-24-25-21(28-20)18-7-6-13-29-18)14-19(27)23-17-10-8-16(9-11-17)22(2,3)4/h6-11,13H,5,12,14-15H2,1-4H3,(H,23,27). The Morgan fingerprint density at radius 2 is 1.93 bits per heavy atom. The lowest BCUT2D eigenvalue weighted by Gasteiger charge is -2.20. The highest BCUT2D eigenvalue weighted by Crippen LogP contribution is 2.24. The summed E-state index contributed by atoms with van der Waals surface area (Å²) in [7, 11) is 0. The van der Waals surface area contributed by atoms with Gasteiger partial charge < -0.3 is 9.73 Å². The van der Waals surface area contributed by atoms with Crippen molar-refractivity contribution >= 4 is 22.9 Å². The summed E-state index contributed by atoms with van der Waals surface area (Å²) in [4.78, 5) is 15.5. The third-order valence-corrected chi connectivity index (χ3v) is 5.36. The number of nitrogens with one attached hydrogen (secondary N) is 1. The van der Waals surface area contributed by atoms with Gasteiger partial charge in [0.25, 0.3) is 5.89 Å². The Balaban J connectivity index is 1.59. The molecule has 0 spiro atoms. The fraction of sp³-hybridized carbons (Fsp3) is 0.409. The number of thiophene rings is 1. The van der Waals surface area contributed by atoms with E-state index in [1.165, 1.54) is 5.56 Å². The number of amides is 1. The van der Waals surface area contributed by atoms with Crippen LogP contribution in [0.25, 0.3) is 10.8 Å². The van der Waals surface area contributed by atoms with E-state index in [9.17, 15) is 4.79 Å². The van der Waals surface area contributed by atoms with E-state index in [2.05, 4.69) is 55.3 Å². The number of carbonyl (C=O) groups is 1. The third-order valence-electron chi connectivity index (χ3n) is 4.50. The largest absolute Gasteiger partial charge is 0.419 e. The van der Waals surface area contributed by atoms with Crippen molar-refractivity contribution in [3.8, 4) is 10.8 Å². The van der Waals surface area contributed by atoms with Gasteiger partial charge in [0, 0.05) is 5.69 Å². The number of carbonyl (C=O) groups excluding carboxylic acids is 1. The molecule has 0 saturated carbocycles. The normalized spacial score (nSPS) is 11.8. The van der Waals surface area contributed by atoms with Gasteiger partial charge in [-0.25, -0.2) is 0 Å². The first-order valence-electron chi connectivity index (χ1n) is 9.84. The molecule has 0 radical (unpaired) electrons. The molecular weight excluding hydrogens is 384 g/mol. The molecule has 3 aromatic rings. The zero-order valence-electron chi connectivity index (χ0n) is 17.4. The third kappa shape index (κ3) is 5.98. The molecular formula is C22H28N4O2S. The maximum absolute atomic E-state index is 12.5. The minimum Gasteiger partial charge on any atom is -0.419 e. The highest BCUT2D eigenvalue weighted by atomic mass is 32.1. The molecule has 0 fully saturated rings. The zero-order chi connectivity index (χ0) is 20.9. The lowest BCUT2D eigenvalue weighted by atomic mass is 9.87. The Bertz CT molecular complexity index is 911. The fourth-order valence-corrected chi connectivity index (χ4v) is 3.64.